The normalized spacial score (nSPS) is 8.00. The van der Waals surface area contributed by atoms with Gasteiger partial charge in [-0.1, -0.05) is 26.2 Å². The lowest BCUT2D eigenvalue weighted by molar-refractivity contribution is -0.176. The molecule has 0 saturated heterocycles. The largest absolute Gasteiger partial charge is 0.396 e. The van der Waals surface area contributed by atoms with Crippen molar-refractivity contribution < 1.29 is 15.6 Å². The summed E-state index contributed by atoms with van der Waals surface area (Å²) in [5, 5.41) is 20.3. The van der Waals surface area contributed by atoms with E-state index < -0.39 is 0 Å². The molecule has 0 atom stereocenters. The molecule has 0 fully saturated rings. The first-order chi connectivity index (χ1) is 4.41. The third-order valence-electron chi connectivity index (χ3n) is 1.01. The van der Waals surface area contributed by atoms with Gasteiger partial charge in [0.05, 0.1) is 0 Å². The second-order valence-corrected chi connectivity index (χ2v) is 1.78. The summed E-state index contributed by atoms with van der Waals surface area (Å²) in [5.41, 5.74) is 0. The van der Waals surface area contributed by atoms with Crippen molar-refractivity contribution in [3.05, 3.63) is 0 Å². The Morgan fingerprint density at radius 1 is 1.00 bits per heavy atom. The molecule has 0 aromatic carbocycles. The molecule has 0 radical (unpaired) electrons. The summed E-state index contributed by atoms with van der Waals surface area (Å²) in [5.74, 6) is 0. The zero-order valence-corrected chi connectivity index (χ0v) is 5.88. The minimum absolute atomic E-state index is 0.361. The van der Waals surface area contributed by atoms with Gasteiger partial charge in [0, 0.05) is 6.61 Å². The average molecular weight is 136 g/mol. The minimum atomic E-state index is 0.361. The fourth-order valence-corrected chi connectivity index (χ4v) is 0.539. The number of hydrogen-bond acceptors (Lipinski definition) is 3. The summed E-state index contributed by atoms with van der Waals surface area (Å²) < 4.78 is 0. The lowest BCUT2D eigenvalue weighted by Gasteiger charge is -1.90. The van der Waals surface area contributed by atoms with Gasteiger partial charge < -0.3 is 5.11 Å². The molecular weight excluding hydrogens is 120 g/mol. The molecule has 58 valence electrons. The van der Waals surface area contributed by atoms with Crippen LogP contribution in [-0.2, 0) is 0 Å². The van der Waals surface area contributed by atoms with E-state index in [4.69, 9.17) is 15.6 Å². The van der Waals surface area contributed by atoms with Crippen LogP contribution in [0.4, 0.5) is 0 Å². The molecule has 0 aliphatic carbocycles. The second-order valence-electron chi connectivity index (χ2n) is 1.78. The molecule has 9 heavy (non-hydrogen) atoms. The van der Waals surface area contributed by atoms with Crippen LogP contribution < -0.4 is 0 Å². The van der Waals surface area contributed by atoms with Gasteiger partial charge in [0.25, 0.3) is 0 Å². The van der Waals surface area contributed by atoms with Crippen LogP contribution in [0.15, 0.2) is 0 Å². The molecule has 0 bridgehead atoms. The van der Waals surface area contributed by atoms with Gasteiger partial charge in [-0.05, 0) is 6.42 Å². The summed E-state index contributed by atoms with van der Waals surface area (Å²) in [6.45, 7) is 2.53. The van der Waals surface area contributed by atoms with Crippen molar-refractivity contribution in [3.8, 4) is 0 Å². The molecule has 0 aliphatic heterocycles. The van der Waals surface area contributed by atoms with Crippen LogP contribution in [0.5, 0.6) is 0 Å². The molecule has 0 aliphatic rings. The molecule has 0 heterocycles. The van der Waals surface area contributed by atoms with E-state index in [9.17, 15) is 0 Å². The van der Waals surface area contributed by atoms with Crippen molar-refractivity contribution in [2.24, 2.45) is 0 Å². The van der Waals surface area contributed by atoms with Crippen LogP contribution in [0, 0.1) is 0 Å². The Hall–Kier alpha value is -0.120. The predicted octanol–water partition coefficient (Wildman–Crippen LogP) is 1.58. The van der Waals surface area contributed by atoms with Gasteiger partial charge in [-0.15, -0.1) is 0 Å². The Morgan fingerprint density at radius 2 is 1.56 bits per heavy atom. The molecule has 0 saturated carbocycles. The van der Waals surface area contributed by atoms with Gasteiger partial charge in [-0.3, -0.25) is 10.5 Å². The van der Waals surface area contributed by atoms with E-state index in [1.165, 1.54) is 19.3 Å². The van der Waals surface area contributed by atoms with Crippen molar-refractivity contribution in [2.45, 2.75) is 32.6 Å². The molecule has 3 nitrogen and oxygen atoms in total. The van der Waals surface area contributed by atoms with Gasteiger partial charge in [0.1, 0.15) is 0 Å². The molecule has 0 unspecified atom stereocenters. The van der Waals surface area contributed by atoms with E-state index in [1.807, 2.05) is 0 Å². The van der Waals surface area contributed by atoms with Crippen LogP contribution in [0.3, 0.4) is 0 Å². The van der Waals surface area contributed by atoms with E-state index in [0.29, 0.717) is 6.61 Å². The summed E-state index contributed by atoms with van der Waals surface area (Å²) in [6.07, 6.45) is 4.68. The number of hydrogen-bond donors (Lipinski definition) is 3. The zero-order chi connectivity index (χ0) is 7.54. The summed E-state index contributed by atoms with van der Waals surface area (Å²) in [6, 6.07) is 0. The number of aliphatic hydroxyl groups is 1. The minimum Gasteiger partial charge on any atom is -0.396 e. The molecule has 0 amide bonds. The van der Waals surface area contributed by atoms with Crippen molar-refractivity contribution in [3.63, 3.8) is 0 Å². The first kappa shape index (κ1) is 11.6. The second kappa shape index (κ2) is 15.7. The van der Waals surface area contributed by atoms with Crippen LogP contribution in [0.25, 0.3) is 0 Å². The van der Waals surface area contributed by atoms with Crippen LogP contribution in [0.2, 0.25) is 0 Å². The fraction of sp³-hybridized carbons (Fsp3) is 1.00. The number of aliphatic hydroxyl groups excluding tert-OH is 1. The Kier molecular flexibility index (Phi) is 20.3. The smallest absolute Gasteiger partial charge is 0.0431 e. The fourth-order valence-electron chi connectivity index (χ4n) is 0.539. The average Bonchev–Trinajstić information content (AvgIpc) is 1.94. The standard InChI is InChI=1S/C6H14O.H2O2/c1-2-3-4-5-6-7;1-2/h7H,2-6H2,1H3;1-2H. The number of unbranched alkanes of at least 4 members (excludes halogenated alkanes) is 3. The SMILES string of the molecule is CCCCCCO.OO. The lowest BCUT2D eigenvalue weighted by Crippen LogP contribution is -1.80. The highest BCUT2D eigenvalue weighted by Crippen LogP contribution is 1.95. The highest BCUT2D eigenvalue weighted by atomic mass is 17.0. The van der Waals surface area contributed by atoms with E-state index in [2.05, 4.69) is 6.92 Å². The van der Waals surface area contributed by atoms with E-state index >= 15 is 0 Å². The van der Waals surface area contributed by atoms with Crippen molar-refractivity contribution in [1.82, 2.24) is 0 Å². The summed E-state index contributed by atoms with van der Waals surface area (Å²) in [7, 11) is 0. The van der Waals surface area contributed by atoms with E-state index in [1.54, 1.807) is 0 Å². The topological polar surface area (TPSA) is 60.7 Å². The third kappa shape index (κ3) is 18.1. The first-order valence-corrected chi connectivity index (χ1v) is 3.22. The van der Waals surface area contributed by atoms with Crippen molar-refractivity contribution >= 4 is 0 Å². The van der Waals surface area contributed by atoms with E-state index in [0.717, 1.165) is 6.42 Å². The van der Waals surface area contributed by atoms with Crippen LogP contribution in [0.1, 0.15) is 32.6 Å². The van der Waals surface area contributed by atoms with Gasteiger partial charge in [-0.2, -0.15) is 0 Å². The van der Waals surface area contributed by atoms with Crippen molar-refractivity contribution in [1.29, 1.82) is 0 Å². The maximum Gasteiger partial charge on any atom is 0.0431 e. The lowest BCUT2D eigenvalue weighted by atomic mass is 10.2. The Labute approximate surface area is 55.9 Å². The molecule has 3 N–H and O–H groups in total. The molecule has 0 spiro atoms. The van der Waals surface area contributed by atoms with Crippen LogP contribution >= 0.6 is 0 Å². The van der Waals surface area contributed by atoms with E-state index in [-0.39, 0.29) is 0 Å². The van der Waals surface area contributed by atoms with Crippen molar-refractivity contribution in [2.75, 3.05) is 6.61 Å². The molecule has 0 aromatic rings. The van der Waals surface area contributed by atoms with Gasteiger partial charge in [0.2, 0.25) is 0 Å². The summed E-state index contributed by atoms with van der Waals surface area (Å²) >= 11 is 0. The number of rotatable bonds is 4. The monoisotopic (exact) mass is 136 g/mol. The Bertz CT molecular complexity index is 27.5. The van der Waals surface area contributed by atoms with Crippen LogP contribution in [-0.4, -0.2) is 22.2 Å². The maximum absolute atomic E-state index is 8.29. The highest BCUT2D eigenvalue weighted by Gasteiger charge is 1.80. The molecule has 0 aromatic heterocycles. The highest BCUT2D eigenvalue weighted by molar-refractivity contribution is 4.35. The Balaban J connectivity index is 0. The van der Waals surface area contributed by atoms with Gasteiger partial charge >= 0.3 is 0 Å². The first-order valence-electron chi connectivity index (χ1n) is 3.22. The maximum atomic E-state index is 8.29. The quantitative estimate of drug-likeness (QED) is 0.312. The molecular formula is C6H16O3. The van der Waals surface area contributed by atoms with Gasteiger partial charge in [-0.25, -0.2) is 0 Å². The Morgan fingerprint density at radius 3 is 1.89 bits per heavy atom. The third-order valence-corrected chi connectivity index (χ3v) is 1.01. The summed E-state index contributed by atoms with van der Waals surface area (Å²) in [4.78, 5) is 0. The predicted molar refractivity (Wildman–Crippen MR) is 36.5 cm³/mol. The zero-order valence-electron chi connectivity index (χ0n) is 5.88. The van der Waals surface area contributed by atoms with Gasteiger partial charge in [0.15, 0.2) is 0 Å². The molecule has 3 heteroatoms. The molecule has 0 rings (SSSR count).